The Balaban J connectivity index is 1.34. The van der Waals surface area contributed by atoms with E-state index in [9.17, 15) is 5.11 Å². The van der Waals surface area contributed by atoms with Gasteiger partial charge < -0.3 is 14.1 Å². The van der Waals surface area contributed by atoms with Crippen LogP contribution < -0.4 is 0 Å². The molecular weight excluding hydrogens is 326 g/mol. The number of piperidine rings is 1. The summed E-state index contributed by atoms with van der Waals surface area (Å²) in [4.78, 5) is 6.79. The number of hydrogen-bond acceptors (Lipinski definition) is 4. The molecular formula is C21H25N3O2. The van der Waals surface area contributed by atoms with Gasteiger partial charge in [0.25, 0.3) is 0 Å². The van der Waals surface area contributed by atoms with Gasteiger partial charge in [-0.1, -0.05) is 0 Å². The van der Waals surface area contributed by atoms with E-state index < -0.39 is 5.60 Å². The summed E-state index contributed by atoms with van der Waals surface area (Å²) in [6.45, 7) is 3.49. The Hall–Kier alpha value is -2.11. The molecule has 0 aliphatic carbocycles. The van der Waals surface area contributed by atoms with E-state index in [2.05, 4.69) is 32.8 Å². The molecule has 2 aliphatic rings. The van der Waals surface area contributed by atoms with E-state index in [-0.39, 0.29) is 0 Å². The van der Waals surface area contributed by atoms with Crippen molar-refractivity contribution in [2.24, 2.45) is 0 Å². The topological polar surface area (TPSA) is 54.4 Å². The Morgan fingerprint density at radius 1 is 1.19 bits per heavy atom. The first-order valence-corrected chi connectivity index (χ1v) is 9.52. The molecule has 0 radical (unpaired) electrons. The van der Waals surface area contributed by atoms with Gasteiger partial charge in [0.1, 0.15) is 11.5 Å². The van der Waals surface area contributed by atoms with Crippen molar-refractivity contribution in [2.75, 3.05) is 0 Å². The largest absolute Gasteiger partial charge is 0.465 e. The molecule has 5 rings (SSSR count). The number of rotatable bonds is 4. The van der Waals surface area contributed by atoms with E-state index in [1.807, 2.05) is 31.5 Å². The molecule has 5 heterocycles. The second-order valence-corrected chi connectivity index (χ2v) is 8.08. The molecule has 0 aromatic carbocycles. The molecule has 5 nitrogen and oxygen atoms in total. The van der Waals surface area contributed by atoms with E-state index >= 15 is 0 Å². The Labute approximate surface area is 153 Å². The quantitative estimate of drug-likeness (QED) is 0.782. The SMILES string of the molecule is Cc1ccc(CN2C3CCC2CC(O)(Cn2ccc4ccncc42)C3)o1. The smallest absolute Gasteiger partial charge is 0.118 e. The number of furan rings is 1. The fourth-order valence-electron chi connectivity index (χ4n) is 5.03. The van der Waals surface area contributed by atoms with Crippen LogP contribution in [0.25, 0.3) is 10.9 Å². The second kappa shape index (κ2) is 5.96. The van der Waals surface area contributed by atoms with Crippen molar-refractivity contribution < 1.29 is 9.52 Å². The fraction of sp³-hybridized carbons (Fsp3) is 0.476. The summed E-state index contributed by atoms with van der Waals surface area (Å²) in [6.07, 6.45) is 9.76. The number of fused-ring (bicyclic) bond motifs is 3. The number of aryl methyl sites for hydroxylation is 1. The molecule has 0 saturated carbocycles. The Morgan fingerprint density at radius 2 is 2.00 bits per heavy atom. The van der Waals surface area contributed by atoms with Crippen molar-refractivity contribution in [2.45, 2.75) is 63.4 Å². The van der Waals surface area contributed by atoms with Crippen molar-refractivity contribution >= 4 is 10.9 Å². The number of aliphatic hydroxyl groups is 1. The Kier molecular flexibility index (Phi) is 3.69. The lowest BCUT2D eigenvalue weighted by Gasteiger charge is -2.43. The molecule has 5 heteroatoms. The summed E-state index contributed by atoms with van der Waals surface area (Å²) >= 11 is 0. The van der Waals surface area contributed by atoms with Crippen LogP contribution in [0.2, 0.25) is 0 Å². The first-order valence-electron chi connectivity index (χ1n) is 9.52. The van der Waals surface area contributed by atoms with E-state index in [0.29, 0.717) is 18.6 Å². The average Bonchev–Trinajstić information content (AvgIpc) is 3.27. The molecule has 0 spiro atoms. The van der Waals surface area contributed by atoms with Gasteiger partial charge in [-0.3, -0.25) is 9.88 Å². The van der Waals surface area contributed by atoms with E-state index in [1.54, 1.807) is 0 Å². The summed E-state index contributed by atoms with van der Waals surface area (Å²) in [6, 6.07) is 9.10. The van der Waals surface area contributed by atoms with Gasteiger partial charge in [0.15, 0.2) is 0 Å². The maximum Gasteiger partial charge on any atom is 0.118 e. The van der Waals surface area contributed by atoms with Crippen molar-refractivity contribution in [1.82, 2.24) is 14.5 Å². The zero-order chi connectivity index (χ0) is 17.7. The van der Waals surface area contributed by atoms with E-state index in [0.717, 1.165) is 36.4 Å². The molecule has 3 aromatic heterocycles. The predicted molar refractivity (Wildman–Crippen MR) is 99.7 cm³/mol. The van der Waals surface area contributed by atoms with Crippen LogP contribution in [0.15, 0.2) is 47.3 Å². The van der Waals surface area contributed by atoms with Gasteiger partial charge >= 0.3 is 0 Å². The summed E-state index contributed by atoms with van der Waals surface area (Å²) in [5.74, 6) is 2.00. The molecule has 2 aliphatic heterocycles. The third-order valence-electron chi connectivity index (χ3n) is 6.18. The Bertz CT molecular complexity index is 914. The van der Waals surface area contributed by atoms with Gasteiger partial charge in [-0.05, 0) is 56.9 Å². The standard InChI is InChI=1S/C21H25N3O2/c1-15-2-5-19(26-15)13-24-17-3-4-18(24)11-21(25,10-17)14-23-9-7-16-6-8-22-12-20(16)23/h2,5-9,12,17-18,25H,3-4,10-11,13-14H2,1H3. The molecule has 2 saturated heterocycles. The summed E-state index contributed by atoms with van der Waals surface area (Å²) < 4.78 is 7.94. The molecule has 136 valence electrons. The van der Waals surface area contributed by atoms with Crippen molar-refractivity contribution in [3.63, 3.8) is 0 Å². The summed E-state index contributed by atoms with van der Waals surface area (Å²) in [5, 5.41) is 12.6. The van der Waals surface area contributed by atoms with Crippen LogP contribution in [-0.2, 0) is 13.1 Å². The minimum absolute atomic E-state index is 0.434. The fourth-order valence-corrected chi connectivity index (χ4v) is 5.03. The number of aromatic nitrogens is 2. The number of nitrogens with zero attached hydrogens (tertiary/aromatic N) is 3. The van der Waals surface area contributed by atoms with Crippen LogP contribution in [0.4, 0.5) is 0 Å². The van der Waals surface area contributed by atoms with Crippen LogP contribution in [0.3, 0.4) is 0 Å². The number of pyridine rings is 1. The number of hydrogen-bond donors (Lipinski definition) is 1. The third-order valence-corrected chi connectivity index (χ3v) is 6.18. The third kappa shape index (κ3) is 2.75. The molecule has 1 N–H and O–H groups in total. The van der Waals surface area contributed by atoms with Gasteiger partial charge in [0.2, 0.25) is 0 Å². The lowest BCUT2D eigenvalue weighted by molar-refractivity contribution is -0.0658. The highest BCUT2D eigenvalue weighted by Crippen LogP contribution is 2.42. The lowest BCUT2D eigenvalue weighted by Crippen LogP contribution is -2.52. The minimum Gasteiger partial charge on any atom is -0.465 e. The van der Waals surface area contributed by atoms with E-state index in [4.69, 9.17) is 4.42 Å². The highest BCUT2D eigenvalue weighted by atomic mass is 16.3. The van der Waals surface area contributed by atoms with Crippen LogP contribution in [0, 0.1) is 6.92 Å². The normalized spacial score (nSPS) is 28.8. The van der Waals surface area contributed by atoms with Gasteiger partial charge in [0.05, 0.1) is 30.4 Å². The summed E-state index contributed by atoms with van der Waals surface area (Å²) in [5.41, 5.74) is 0.449. The maximum atomic E-state index is 11.4. The minimum atomic E-state index is -0.650. The second-order valence-electron chi connectivity index (χ2n) is 8.08. The average molecular weight is 351 g/mol. The molecule has 3 aromatic rings. The van der Waals surface area contributed by atoms with Crippen molar-refractivity contribution in [3.8, 4) is 0 Å². The van der Waals surface area contributed by atoms with Gasteiger partial charge in [-0.25, -0.2) is 0 Å². The zero-order valence-corrected chi connectivity index (χ0v) is 15.1. The predicted octanol–water partition coefficient (Wildman–Crippen LogP) is 3.50. The monoisotopic (exact) mass is 351 g/mol. The van der Waals surface area contributed by atoms with Crippen LogP contribution in [0.1, 0.15) is 37.2 Å². The maximum absolute atomic E-state index is 11.4. The molecule has 2 fully saturated rings. The highest BCUT2D eigenvalue weighted by Gasteiger charge is 2.47. The highest BCUT2D eigenvalue weighted by molar-refractivity contribution is 5.78. The van der Waals surface area contributed by atoms with Crippen molar-refractivity contribution in [1.29, 1.82) is 0 Å². The van der Waals surface area contributed by atoms with Gasteiger partial charge in [-0.15, -0.1) is 0 Å². The molecule has 2 bridgehead atoms. The lowest BCUT2D eigenvalue weighted by atomic mass is 9.85. The summed E-state index contributed by atoms with van der Waals surface area (Å²) in [7, 11) is 0. The van der Waals surface area contributed by atoms with Crippen molar-refractivity contribution in [3.05, 3.63) is 54.4 Å². The molecule has 0 amide bonds. The zero-order valence-electron chi connectivity index (χ0n) is 15.1. The first kappa shape index (κ1) is 16.1. The molecule has 2 atom stereocenters. The molecule has 2 unspecified atom stereocenters. The van der Waals surface area contributed by atoms with Gasteiger partial charge in [-0.2, -0.15) is 0 Å². The van der Waals surface area contributed by atoms with Gasteiger partial charge in [0, 0.05) is 29.9 Å². The van der Waals surface area contributed by atoms with Crippen LogP contribution in [-0.4, -0.2) is 37.2 Å². The molecule has 26 heavy (non-hydrogen) atoms. The van der Waals surface area contributed by atoms with Crippen LogP contribution in [0.5, 0.6) is 0 Å². The van der Waals surface area contributed by atoms with Crippen LogP contribution >= 0.6 is 0 Å². The Morgan fingerprint density at radius 3 is 2.73 bits per heavy atom. The first-order chi connectivity index (χ1) is 12.6. The van der Waals surface area contributed by atoms with E-state index in [1.165, 1.54) is 18.2 Å².